The van der Waals surface area contributed by atoms with Gasteiger partial charge in [-0.05, 0) is 25.3 Å². The number of nitrogens with zero attached hydrogens (tertiary/aromatic N) is 2. The maximum atomic E-state index is 13.4. The molecule has 1 fully saturated rings. The van der Waals surface area contributed by atoms with E-state index in [0.717, 1.165) is 15.8 Å². The first-order valence-electron chi connectivity index (χ1n) is 7.62. The summed E-state index contributed by atoms with van der Waals surface area (Å²) >= 11 is 0. The molecule has 0 amide bonds. The van der Waals surface area contributed by atoms with Gasteiger partial charge in [-0.2, -0.15) is 18.3 Å². The monoisotopic (exact) mass is 350 g/mol. The lowest BCUT2D eigenvalue weighted by Gasteiger charge is -2.17. The Kier molecular flexibility index (Phi) is 3.03. The van der Waals surface area contributed by atoms with Crippen LogP contribution in [-0.2, 0) is 11.7 Å². The van der Waals surface area contributed by atoms with Gasteiger partial charge in [0.1, 0.15) is 11.0 Å². The Morgan fingerprint density at radius 1 is 1.12 bits per heavy atom. The van der Waals surface area contributed by atoms with Crippen LogP contribution in [0, 0.1) is 6.92 Å². The highest BCUT2D eigenvalue weighted by atomic mass is 19.4. The number of aromatic nitrogens is 4. The van der Waals surface area contributed by atoms with Crippen molar-refractivity contribution in [1.29, 1.82) is 0 Å². The van der Waals surface area contributed by atoms with Crippen molar-refractivity contribution < 1.29 is 13.2 Å². The molecule has 0 bridgehead atoms. The molecule has 0 unspecified atom stereocenters. The van der Waals surface area contributed by atoms with Gasteiger partial charge in [0.15, 0.2) is 5.69 Å². The van der Waals surface area contributed by atoms with E-state index in [9.17, 15) is 22.8 Å². The van der Waals surface area contributed by atoms with Crippen LogP contribution in [0.1, 0.15) is 29.7 Å². The summed E-state index contributed by atoms with van der Waals surface area (Å²) in [5.41, 5.74) is -2.45. The van der Waals surface area contributed by atoms with Crippen LogP contribution in [0.2, 0.25) is 0 Å². The summed E-state index contributed by atoms with van der Waals surface area (Å²) < 4.78 is 41.2. The maximum absolute atomic E-state index is 13.4. The highest BCUT2D eigenvalue weighted by molar-refractivity contribution is 5.78. The molecule has 0 spiro atoms. The van der Waals surface area contributed by atoms with Gasteiger partial charge in [0, 0.05) is 0 Å². The van der Waals surface area contributed by atoms with Gasteiger partial charge in [0.25, 0.3) is 5.56 Å². The van der Waals surface area contributed by atoms with Crippen LogP contribution in [0.15, 0.2) is 33.9 Å². The van der Waals surface area contributed by atoms with E-state index in [2.05, 4.69) is 10.1 Å². The number of H-pyrrole nitrogens is 2. The lowest BCUT2D eigenvalue weighted by Crippen LogP contribution is -2.26. The van der Waals surface area contributed by atoms with Crippen molar-refractivity contribution in [2.75, 3.05) is 0 Å². The van der Waals surface area contributed by atoms with E-state index in [1.54, 1.807) is 0 Å². The van der Waals surface area contributed by atoms with Crippen LogP contribution in [0.5, 0.6) is 0 Å². The van der Waals surface area contributed by atoms with E-state index in [1.807, 2.05) is 36.2 Å². The summed E-state index contributed by atoms with van der Waals surface area (Å²) in [6.45, 7) is 1.91. The molecule has 6 nitrogen and oxygen atoms in total. The summed E-state index contributed by atoms with van der Waals surface area (Å²) in [5, 5.41) is 3.05. The lowest BCUT2D eigenvalue weighted by molar-refractivity contribution is -0.140. The number of benzene rings is 1. The number of aromatic amines is 2. The summed E-state index contributed by atoms with van der Waals surface area (Å²) in [4.78, 5) is 27.7. The number of hydrogen-bond donors (Lipinski definition) is 2. The van der Waals surface area contributed by atoms with E-state index < -0.39 is 34.0 Å². The zero-order chi connectivity index (χ0) is 18.0. The Hall–Kier alpha value is -2.84. The number of alkyl halides is 3. The molecule has 0 atom stereocenters. The average Bonchev–Trinajstić information content (AvgIpc) is 3.21. The van der Waals surface area contributed by atoms with Crippen molar-refractivity contribution in [1.82, 2.24) is 19.7 Å². The predicted octanol–water partition coefficient (Wildman–Crippen LogP) is 2.28. The topological polar surface area (TPSA) is 83.5 Å². The fourth-order valence-electron chi connectivity index (χ4n) is 3.17. The van der Waals surface area contributed by atoms with Crippen molar-refractivity contribution in [3.63, 3.8) is 0 Å². The van der Waals surface area contributed by atoms with Crippen LogP contribution >= 0.6 is 0 Å². The van der Waals surface area contributed by atoms with E-state index in [-0.39, 0.29) is 5.65 Å². The molecule has 2 heterocycles. The number of rotatable bonds is 2. The van der Waals surface area contributed by atoms with Gasteiger partial charge in [0.2, 0.25) is 0 Å². The van der Waals surface area contributed by atoms with E-state index in [4.69, 9.17) is 0 Å². The fourth-order valence-corrected chi connectivity index (χ4v) is 3.17. The van der Waals surface area contributed by atoms with Crippen LogP contribution in [0.4, 0.5) is 13.2 Å². The largest absolute Gasteiger partial charge is 0.436 e. The molecule has 2 N–H and O–H groups in total. The van der Waals surface area contributed by atoms with Crippen molar-refractivity contribution in [2.45, 2.75) is 31.5 Å². The second-order valence-corrected chi connectivity index (χ2v) is 6.29. The quantitative estimate of drug-likeness (QED) is 0.744. The number of nitrogens with one attached hydrogen (secondary N) is 2. The smallest absolute Gasteiger partial charge is 0.291 e. The molecule has 0 saturated heterocycles. The Morgan fingerprint density at radius 3 is 2.32 bits per heavy atom. The summed E-state index contributed by atoms with van der Waals surface area (Å²) in [6.07, 6.45) is -3.67. The molecule has 2 aromatic heterocycles. The fraction of sp³-hybridized carbons (Fsp3) is 0.312. The molecule has 1 aliphatic rings. The standard InChI is InChI=1S/C16H13F3N4O2/c1-8-2-4-9(5-3-8)15(6-7-15)23-12-10(11(22-23)16(17,18)19)13(24)21-14(25)20-12/h2-5H,6-7H2,1H3,(H2,20,21,24,25). The Morgan fingerprint density at radius 2 is 1.76 bits per heavy atom. The van der Waals surface area contributed by atoms with E-state index in [1.165, 1.54) is 0 Å². The third-order valence-electron chi connectivity index (χ3n) is 4.56. The van der Waals surface area contributed by atoms with Gasteiger partial charge < -0.3 is 0 Å². The van der Waals surface area contributed by atoms with E-state index >= 15 is 0 Å². The van der Waals surface area contributed by atoms with Crippen molar-refractivity contribution >= 4 is 11.0 Å². The van der Waals surface area contributed by atoms with E-state index in [0.29, 0.717) is 12.8 Å². The summed E-state index contributed by atoms with van der Waals surface area (Å²) in [6, 6.07) is 7.38. The molecule has 1 aromatic carbocycles. The van der Waals surface area contributed by atoms with Crippen LogP contribution in [0.25, 0.3) is 11.0 Å². The zero-order valence-electron chi connectivity index (χ0n) is 13.1. The minimum Gasteiger partial charge on any atom is -0.291 e. The first kappa shape index (κ1) is 15.7. The Bertz CT molecular complexity index is 1090. The second kappa shape index (κ2) is 4.84. The van der Waals surface area contributed by atoms with Gasteiger partial charge in [-0.25, -0.2) is 9.48 Å². The van der Waals surface area contributed by atoms with Gasteiger partial charge in [-0.1, -0.05) is 29.8 Å². The molecule has 4 rings (SSSR count). The number of aryl methyl sites for hydroxylation is 1. The number of halogens is 3. The zero-order valence-corrected chi connectivity index (χ0v) is 13.1. The molecule has 1 aliphatic carbocycles. The number of hydrogen-bond acceptors (Lipinski definition) is 3. The SMILES string of the molecule is Cc1ccc(C2(n3nc(C(F)(F)F)c4c(=O)[nH]c(=O)[nH]c43)CC2)cc1. The van der Waals surface area contributed by atoms with Crippen molar-refractivity contribution in [3.05, 3.63) is 61.9 Å². The van der Waals surface area contributed by atoms with Crippen LogP contribution < -0.4 is 11.2 Å². The lowest BCUT2D eigenvalue weighted by atomic mass is 10.0. The van der Waals surface area contributed by atoms with Gasteiger partial charge >= 0.3 is 11.9 Å². The molecule has 0 aliphatic heterocycles. The summed E-state index contributed by atoms with van der Waals surface area (Å²) in [7, 11) is 0. The second-order valence-electron chi connectivity index (χ2n) is 6.29. The molecule has 0 radical (unpaired) electrons. The first-order valence-corrected chi connectivity index (χ1v) is 7.62. The van der Waals surface area contributed by atoms with Gasteiger partial charge in [-0.3, -0.25) is 14.8 Å². The molecule has 25 heavy (non-hydrogen) atoms. The van der Waals surface area contributed by atoms with Crippen molar-refractivity contribution in [3.8, 4) is 0 Å². The summed E-state index contributed by atoms with van der Waals surface area (Å²) in [5.74, 6) is 0. The number of fused-ring (bicyclic) bond motifs is 1. The van der Waals surface area contributed by atoms with Crippen LogP contribution in [-0.4, -0.2) is 19.7 Å². The Labute approximate surface area is 138 Å². The highest BCUT2D eigenvalue weighted by Crippen LogP contribution is 2.50. The van der Waals surface area contributed by atoms with Crippen molar-refractivity contribution in [2.24, 2.45) is 0 Å². The third kappa shape index (κ3) is 2.30. The Balaban J connectivity index is 2.04. The first-order chi connectivity index (χ1) is 11.7. The highest BCUT2D eigenvalue weighted by Gasteiger charge is 2.50. The van der Waals surface area contributed by atoms with Gasteiger partial charge in [0.05, 0.1) is 5.54 Å². The van der Waals surface area contributed by atoms with Crippen LogP contribution in [0.3, 0.4) is 0 Å². The molecule has 9 heteroatoms. The molecular weight excluding hydrogens is 337 g/mol. The molecule has 3 aromatic rings. The molecule has 130 valence electrons. The minimum atomic E-state index is -4.81. The predicted molar refractivity (Wildman–Crippen MR) is 83.5 cm³/mol. The average molecular weight is 350 g/mol. The minimum absolute atomic E-state index is 0.209. The molecule has 1 saturated carbocycles. The normalized spacial score (nSPS) is 16.3. The molecular formula is C16H13F3N4O2. The maximum Gasteiger partial charge on any atom is 0.436 e. The third-order valence-corrected chi connectivity index (χ3v) is 4.56. The van der Waals surface area contributed by atoms with Gasteiger partial charge in [-0.15, -0.1) is 0 Å².